The van der Waals surface area contributed by atoms with Crippen molar-refractivity contribution in [3.05, 3.63) is 187 Å². The van der Waals surface area contributed by atoms with E-state index in [1.54, 1.807) is 0 Å². The molecular formula is C51H35NOS. The Morgan fingerprint density at radius 2 is 1.09 bits per heavy atom. The van der Waals surface area contributed by atoms with Crippen molar-refractivity contribution >= 4 is 70.5 Å². The molecule has 0 amide bonds. The molecule has 0 unspecified atom stereocenters. The van der Waals surface area contributed by atoms with Crippen LogP contribution in [0.4, 0.5) is 17.1 Å². The number of furan rings is 1. The molecule has 2 heterocycles. The van der Waals surface area contributed by atoms with Crippen LogP contribution >= 0.6 is 11.3 Å². The van der Waals surface area contributed by atoms with E-state index in [-0.39, 0.29) is 5.41 Å². The first-order valence-electron chi connectivity index (χ1n) is 18.6. The van der Waals surface area contributed by atoms with Crippen molar-refractivity contribution in [2.24, 2.45) is 0 Å². The van der Waals surface area contributed by atoms with Crippen LogP contribution < -0.4 is 4.90 Å². The zero-order valence-electron chi connectivity index (χ0n) is 30.0. The van der Waals surface area contributed by atoms with Crippen LogP contribution in [0.15, 0.2) is 180 Å². The van der Waals surface area contributed by atoms with Crippen molar-refractivity contribution in [2.75, 3.05) is 4.90 Å². The third-order valence-corrected chi connectivity index (χ3v) is 12.6. The average molecular weight is 710 g/mol. The van der Waals surface area contributed by atoms with Crippen LogP contribution in [-0.4, -0.2) is 0 Å². The second-order valence-corrected chi connectivity index (χ2v) is 15.9. The lowest BCUT2D eigenvalue weighted by molar-refractivity contribution is 0.660. The summed E-state index contributed by atoms with van der Waals surface area (Å²) in [6.45, 7) is 4.72. The molecular weight excluding hydrogens is 675 g/mol. The van der Waals surface area contributed by atoms with E-state index in [1.165, 1.54) is 70.1 Å². The van der Waals surface area contributed by atoms with Crippen molar-refractivity contribution in [2.45, 2.75) is 19.3 Å². The minimum Gasteiger partial charge on any atom is -0.456 e. The lowest BCUT2D eigenvalue weighted by Crippen LogP contribution is -2.17. The molecule has 1 aliphatic rings. The normalized spacial score (nSPS) is 13.1. The third-order valence-electron chi connectivity index (χ3n) is 11.5. The highest BCUT2D eigenvalue weighted by Gasteiger charge is 2.36. The summed E-state index contributed by atoms with van der Waals surface area (Å²) in [5, 5.41) is 4.84. The molecule has 0 saturated heterocycles. The molecule has 1 aliphatic carbocycles. The van der Waals surface area contributed by atoms with E-state index in [9.17, 15) is 0 Å². The summed E-state index contributed by atoms with van der Waals surface area (Å²) in [6.07, 6.45) is 0. The molecule has 10 aromatic rings. The van der Waals surface area contributed by atoms with E-state index in [0.717, 1.165) is 33.6 Å². The van der Waals surface area contributed by atoms with Gasteiger partial charge in [-0.25, -0.2) is 0 Å². The summed E-state index contributed by atoms with van der Waals surface area (Å²) < 4.78 is 8.99. The van der Waals surface area contributed by atoms with Crippen LogP contribution in [0.5, 0.6) is 0 Å². The maximum absolute atomic E-state index is 6.47. The second-order valence-electron chi connectivity index (χ2n) is 14.9. The van der Waals surface area contributed by atoms with Gasteiger partial charge in [0, 0.05) is 53.3 Å². The van der Waals surface area contributed by atoms with Gasteiger partial charge in [-0.3, -0.25) is 0 Å². The molecule has 8 aromatic carbocycles. The Morgan fingerprint density at radius 3 is 1.91 bits per heavy atom. The van der Waals surface area contributed by atoms with Gasteiger partial charge in [-0.15, -0.1) is 11.3 Å². The molecule has 256 valence electrons. The number of hydrogen-bond acceptors (Lipinski definition) is 3. The lowest BCUT2D eigenvalue weighted by atomic mass is 9.82. The van der Waals surface area contributed by atoms with Crippen LogP contribution in [0.25, 0.3) is 75.5 Å². The molecule has 0 atom stereocenters. The second kappa shape index (κ2) is 11.8. The number of rotatable bonds is 5. The highest BCUT2D eigenvalue weighted by atomic mass is 32.1. The predicted octanol–water partition coefficient (Wildman–Crippen LogP) is 15.1. The van der Waals surface area contributed by atoms with E-state index in [2.05, 4.69) is 195 Å². The maximum atomic E-state index is 6.47. The average Bonchev–Trinajstić information content (AvgIpc) is 3.86. The summed E-state index contributed by atoms with van der Waals surface area (Å²) in [5.41, 5.74) is 15.3. The zero-order valence-corrected chi connectivity index (χ0v) is 30.8. The molecule has 3 heteroatoms. The van der Waals surface area contributed by atoms with E-state index in [1.807, 2.05) is 11.3 Å². The predicted molar refractivity (Wildman–Crippen MR) is 230 cm³/mol. The third kappa shape index (κ3) is 4.58. The van der Waals surface area contributed by atoms with Gasteiger partial charge in [0.1, 0.15) is 11.2 Å². The lowest BCUT2D eigenvalue weighted by Gasteiger charge is -2.30. The van der Waals surface area contributed by atoms with Crippen molar-refractivity contribution in [1.29, 1.82) is 0 Å². The SMILES string of the molecule is CC1(C)c2ccccc2-c2ccc(N(c3ccc(-c4ccccc4)cc3)c3ccc4sc5ccc6oc7ccccc7c6c5c4c3-c3ccccc3)cc21. The first-order chi connectivity index (χ1) is 26.5. The minimum absolute atomic E-state index is 0.130. The fourth-order valence-electron chi connectivity index (χ4n) is 8.93. The molecule has 0 spiro atoms. The number of thiophene rings is 1. The molecule has 0 bridgehead atoms. The molecule has 0 saturated carbocycles. The smallest absolute Gasteiger partial charge is 0.136 e. The van der Waals surface area contributed by atoms with Crippen molar-refractivity contribution in [3.63, 3.8) is 0 Å². The minimum atomic E-state index is -0.130. The van der Waals surface area contributed by atoms with Crippen molar-refractivity contribution < 1.29 is 4.42 Å². The standard InChI is InChI=1S/C51H35NOS/c1-51(2)40-19-11-9-17-37(40)38-26-25-36(31-41(38)51)52(35-23-21-33(22-24-35)32-13-5-3-6-14-32)42-27-29-45-49(47(42)34-15-7-4-8-16-34)50-46(54-45)30-28-44-48(50)39-18-10-12-20-43(39)53-44/h3-31H,1-2H3. The first kappa shape index (κ1) is 31.1. The van der Waals surface area contributed by atoms with E-state index >= 15 is 0 Å². The van der Waals surface area contributed by atoms with E-state index in [0.29, 0.717) is 0 Å². The Bertz CT molecular complexity index is 3060. The number of para-hydroxylation sites is 1. The number of anilines is 3. The van der Waals surface area contributed by atoms with Gasteiger partial charge in [-0.05, 0) is 93.5 Å². The highest BCUT2D eigenvalue weighted by molar-refractivity contribution is 7.26. The summed E-state index contributed by atoms with van der Waals surface area (Å²) in [4.78, 5) is 2.48. The fourth-order valence-corrected chi connectivity index (χ4v) is 10.1. The van der Waals surface area contributed by atoms with Gasteiger partial charge < -0.3 is 9.32 Å². The fraction of sp³-hybridized carbons (Fsp3) is 0.0588. The number of hydrogen-bond donors (Lipinski definition) is 0. The largest absolute Gasteiger partial charge is 0.456 e. The molecule has 0 aliphatic heterocycles. The first-order valence-corrected chi connectivity index (χ1v) is 19.4. The van der Waals surface area contributed by atoms with Gasteiger partial charge in [0.15, 0.2) is 0 Å². The van der Waals surface area contributed by atoms with Gasteiger partial charge in [-0.1, -0.05) is 135 Å². The number of fused-ring (bicyclic) bond motifs is 10. The molecule has 0 fully saturated rings. The maximum Gasteiger partial charge on any atom is 0.136 e. The number of benzene rings is 8. The molecule has 54 heavy (non-hydrogen) atoms. The topological polar surface area (TPSA) is 16.4 Å². The van der Waals surface area contributed by atoms with Crippen LogP contribution in [0.3, 0.4) is 0 Å². The summed E-state index contributed by atoms with van der Waals surface area (Å²) in [6, 6.07) is 64.1. The van der Waals surface area contributed by atoms with Crippen molar-refractivity contribution in [1.82, 2.24) is 0 Å². The molecule has 0 N–H and O–H groups in total. The molecule has 2 aromatic heterocycles. The van der Waals surface area contributed by atoms with Gasteiger partial charge in [0.25, 0.3) is 0 Å². The van der Waals surface area contributed by atoms with Crippen molar-refractivity contribution in [3.8, 4) is 33.4 Å². The Morgan fingerprint density at radius 1 is 0.463 bits per heavy atom. The Hall–Kier alpha value is -6.42. The quantitative estimate of drug-likeness (QED) is 0.177. The van der Waals surface area contributed by atoms with Crippen LogP contribution in [0.2, 0.25) is 0 Å². The molecule has 0 radical (unpaired) electrons. The summed E-state index contributed by atoms with van der Waals surface area (Å²) >= 11 is 1.86. The Balaban J connectivity index is 1.23. The van der Waals surface area contributed by atoms with E-state index < -0.39 is 0 Å². The molecule has 11 rings (SSSR count). The monoisotopic (exact) mass is 709 g/mol. The summed E-state index contributed by atoms with van der Waals surface area (Å²) in [5.74, 6) is 0. The van der Waals surface area contributed by atoms with Gasteiger partial charge >= 0.3 is 0 Å². The Kier molecular flexibility index (Phi) is 6.80. The summed E-state index contributed by atoms with van der Waals surface area (Å²) in [7, 11) is 0. The van der Waals surface area contributed by atoms with Crippen LogP contribution in [0, 0.1) is 0 Å². The zero-order chi connectivity index (χ0) is 36.0. The van der Waals surface area contributed by atoms with Crippen LogP contribution in [-0.2, 0) is 5.41 Å². The Labute approximate surface area is 318 Å². The van der Waals surface area contributed by atoms with E-state index in [4.69, 9.17) is 4.42 Å². The highest BCUT2D eigenvalue weighted by Crippen LogP contribution is 2.54. The molecule has 2 nitrogen and oxygen atoms in total. The van der Waals surface area contributed by atoms with Crippen LogP contribution in [0.1, 0.15) is 25.0 Å². The number of nitrogens with zero attached hydrogens (tertiary/aromatic N) is 1. The van der Waals surface area contributed by atoms with Gasteiger partial charge in [0.05, 0.1) is 5.69 Å². The van der Waals surface area contributed by atoms with Gasteiger partial charge in [-0.2, -0.15) is 0 Å². The van der Waals surface area contributed by atoms with Gasteiger partial charge in [0.2, 0.25) is 0 Å².